The fraction of sp³-hybridized carbons (Fsp3) is 0.0455. The number of para-hydroxylation sites is 1. The van der Waals surface area contributed by atoms with Crippen LogP contribution in [0.25, 0.3) is 27.8 Å². The van der Waals surface area contributed by atoms with Gasteiger partial charge in [0.2, 0.25) is 0 Å². The maximum Gasteiger partial charge on any atom is 0.336 e. The molecule has 0 amide bonds. The van der Waals surface area contributed by atoms with Gasteiger partial charge in [0, 0.05) is 28.8 Å². The third-order valence-electron chi connectivity index (χ3n) is 4.72. The van der Waals surface area contributed by atoms with Crippen LogP contribution in [0.1, 0.15) is 5.56 Å². The van der Waals surface area contributed by atoms with Crippen molar-refractivity contribution in [2.75, 3.05) is 11.9 Å². The fourth-order valence-electron chi connectivity index (χ4n) is 3.41. The molecule has 3 aromatic carbocycles. The molecule has 0 saturated carbocycles. The summed E-state index contributed by atoms with van der Waals surface area (Å²) >= 11 is 1.71. The summed E-state index contributed by atoms with van der Waals surface area (Å²) in [6.45, 7) is 0. The molecule has 5 rings (SSSR count). The second-order valence-corrected chi connectivity index (χ2v) is 7.36. The molecule has 4 heteroatoms. The lowest BCUT2D eigenvalue weighted by molar-refractivity contribution is 0.564. The van der Waals surface area contributed by atoms with Gasteiger partial charge in [-0.1, -0.05) is 54.2 Å². The molecule has 0 spiro atoms. The molecule has 1 aliphatic rings. The summed E-state index contributed by atoms with van der Waals surface area (Å²) in [5.41, 5.74) is 2.38. The Labute approximate surface area is 154 Å². The van der Waals surface area contributed by atoms with Gasteiger partial charge in [0.05, 0.1) is 10.7 Å². The van der Waals surface area contributed by atoms with Gasteiger partial charge in [0.25, 0.3) is 0 Å². The van der Waals surface area contributed by atoms with Crippen LogP contribution in [-0.4, -0.2) is 7.05 Å². The van der Waals surface area contributed by atoms with Crippen LogP contribution in [0.4, 0.5) is 5.69 Å². The smallest absolute Gasteiger partial charge is 0.336 e. The van der Waals surface area contributed by atoms with E-state index in [0.29, 0.717) is 5.58 Å². The van der Waals surface area contributed by atoms with E-state index in [0.717, 1.165) is 26.8 Å². The van der Waals surface area contributed by atoms with Crippen molar-refractivity contribution < 1.29 is 4.42 Å². The van der Waals surface area contributed by atoms with Crippen LogP contribution in [0.3, 0.4) is 0 Å². The number of nitrogens with zero attached hydrogens (tertiary/aromatic N) is 1. The molecule has 0 N–H and O–H groups in total. The van der Waals surface area contributed by atoms with Crippen LogP contribution >= 0.6 is 11.8 Å². The molecule has 1 aromatic heterocycles. The highest BCUT2D eigenvalue weighted by Crippen LogP contribution is 2.45. The zero-order valence-electron chi connectivity index (χ0n) is 14.1. The average Bonchev–Trinajstić information content (AvgIpc) is 2.97. The van der Waals surface area contributed by atoms with Crippen molar-refractivity contribution in [3.05, 3.63) is 87.7 Å². The Kier molecular flexibility index (Phi) is 3.40. The third kappa shape index (κ3) is 2.34. The first-order chi connectivity index (χ1) is 12.7. The number of fused-ring (bicyclic) bond motifs is 4. The number of benzene rings is 3. The van der Waals surface area contributed by atoms with E-state index in [1.54, 1.807) is 17.8 Å². The molecule has 0 atom stereocenters. The van der Waals surface area contributed by atoms with Gasteiger partial charge in [-0.3, -0.25) is 0 Å². The number of rotatable bonds is 1. The van der Waals surface area contributed by atoms with Crippen LogP contribution in [-0.2, 0) is 0 Å². The molecule has 0 unspecified atom stereocenters. The zero-order chi connectivity index (χ0) is 17.7. The van der Waals surface area contributed by atoms with Gasteiger partial charge in [-0.15, -0.1) is 0 Å². The molecule has 0 radical (unpaired) electrons. The van der Waals surface area contributed by atoms with E-state index >= 15 is 0 Å². The van der Waals surface area contributed by atoms with Crippen molar-refractivity contribution >= 4 is 45.3 Å². The van der Waals surface area contributed by atoms with Crippen LogP contribution in [0.15, 0.2) is 85.9 Å². The van der Waals surface area contributed by atoms with E-state index in [-0.39, 0.29) is 5.63 Å². The third-order valence-corrected chi connectivity index (χ3v) is 5.88. The van der Waals surface area contributed by atoms with Gasteiger partial charge < -0.3 is 9.32 Å². The summed E-state index contributed by atoms with van der Waals surface area (Å²) in [6.07, 6.45) is 2.07. The number of hydrogen-bond acceptors (Lipinski definition) is 4. The van der Waals surface area contributed by atoms with Gasteiger partial charge >= 0.3 is 5.63 Å². The summed E-state index contributed by atoms with van der Waals surface area (Å²) in [4.78, 5) is 15.6. The van der Waals surface area contributed by atoms with Gasteiger partial charge in [-0.05, 0) is 35.2 Å². The van der Waals surface area contributed by atoms with Crippen molar-refractivity contribution in [1.82, 2.24) is 0 Å². The first-order valence-corrected chi connectivity index (χ1v) is 9.20. The lowest BCUT2D eigenvalue weighted by Gasteiger charge is -2.13. The van der Waals surface area contributed by atoms with Crippen molar-refractivity contribution in [2.24, 2.45) is 0 Å². The minimum Gasteiger partial charge on any atom is -0.422 e. The summed E-state index contributed by atoms with van der Waals surface area (Å²) in [5, 5.41) is 4.05. The maximum absolute atomic E-state index is 12.2. The zero-order valence-corrected chi connectivity index (χ0v) is 14.9. The summed E-state index contributed by atoms with van der Waals surface area (Å²) in [5.74, 6) is 0. The molecule has 0 aliphatic carbocycles. The van der Waals surface area contributed by atoms with Crippen molar-refractivity contribution in [2.45, 2.75) is 4.90 Å². The van der Waals surface area contributed by atoms with Crippen molar-refractivity contribution in [1.29, 1.82) is 0 Å². The lowest BCUT2D eigenvalue weighted by Crippen LogP contribution is -2.09. The van der Waals surface area contributed by atoms with Crippen LogP contribution in [0, 0.1) is 0 Å². The quantitative estimate of drug-likeness (QED) is 0.333. The molecule has 2 heterocycles. The van der Waals surface area contributed by atoms with Gasteiger partial charge in [-0.25, -0.2) is 4.79 Å². The minimum absolute atomic E-state index is 0.330. The second kappa shape index (κ2) is 5.78. The summed E-state index contributed by atoms with van der Waals surface area (Å²) < 4.78 is 5.56. The van der Waals surface area contributed by atoms with E-state index in [2.05, 4.69) is 29.2 Å². The molecule has 0 saturated heterocycles. The average molecular weight is 357 g/mol. The van der Waals surface area contributed by atoms with E-state index in [4.69, 9.17) is 4.42 Å². The van der Waals surface area contributed by atoms with E-state index < -0.39 is 0 Å². The molecule has 1 aliphatic heterocycles. The predicted molar refractivity (Wildman–Crippen MR) is 109 cm³/mol. The predicted octanol–water partition coefficient (Wildman–Crippen LogP) is 5.49. The first kappa shape index (κ1) is 15.3. The van der Waals surface area contributed by atoms with Gasteiger partial charge in [-0.2, -0.15) is 0 Å². The highest BCUT2D eigenvalue weighted by Gasteiger charge is 2.21. The SMILES string of the molecule is CN1C(=Cc2cc(=O)oc3c2ccc2ccccc23)Sc2ccccc21. The Balaban J connectivity index is 1.73. The molecule has 0 fully saturated rings. The van der Waals surface area contributed by atoms with Crippen LogP contribution < -0.4 is 10.5 Å². The molecule has 0 bridgehead atoms. The Morgan fingerprint density at radius 1 is 0.962 bits per heavy atom. The number of anilines is 1. The molecule has 126 valence electrons. The first-order valence-electron chi connectivity index (χ1n) is 8.39. The molecular formula is C22H15NO2S. The minimum atomic E-state index is -0.330. The molecule has 26 heavy (non-hydrogen) atoms. The Morgan fingerprint density at radius 3 is 2.65 bits per heavy atom. The lowest BCUT2D eigenvalue weighted by atomic mass is 10.0. The molecule has 4 aromatic rings. The maximum atomic E-state index is 12.2. The summed E-state index contributed by atoms with van der Waals surface area (Å²) in [7, 11) is 2.05. The van der Waals surface area contributed by atoms with E-state index in [1.165, 1.54) is 10.6 Å². The highest BCUT2D eigenvalue weighted by molar-refractivity contribution is 8.03. The Bertz CT molecular complexity index is 1260. The van der Waals surface area contributed by atoms with E-state index in [9.17, 15) is 4.79 Å². The normalized spacial score (nSPS) is 15.1. The van der Waals surface area contributed by atoms with Crippen LogP contribution in [0.5, 0.6) is 0 Å². The van der Waals surface area contributed by atoms with Crippen molar-refractivity contribution in [3.8, 4) is 0 Å². The highest BCUT2D eigenvalue weighted by atomic mass is 32.2. The topological polar surface area (TPSA) is 33.5 Å². The number of thioether (sulfide) groups is 1. The largest absolute Gasteiger partial charge is 0.422 e. The van der Waals surface area contributed by atoms with Crippen LogP contribution in [0.2, 0.25) is 0 Å². The second-order valence-electron chi connectivity index (χ2n) is 6.30. The standard InChI is InChI=1S/C22H15NO2S/c1-23-18-8-4-5-9-19(18)26-20(23)12-15-13-21(24)25-22-16-7-3-2-6-14(16)10-11-17(15)22/h2-13H,1H3. The van der Waals surface area contributed by atoms with E-state index in [1.807, 2.05) is 49.5 Å². The fourth-order valence-corrected chi connectivity index (χ4v) is 4.52. The van der Waals surface area contributed by atoms with Crippen molar-refractivity contribution in [3.63, 3.8) is 0 Å². The van der Waals surface area contributed by atoms with Gasteiger partial charge in [0.1, 0.15) is 5.58 Å². The van der Waals surface area contributed by atoms with Gasteiger partial charge in [0.15, 0.2) is 0 Å². The Morgan fingerprint density at radius 2 is 1.77 bits per heavy atom. The molecule has 3 nitrogen and oxygen atoms in total. The summed E-state index contributed by atoms with van der Waals surface area (Å²) in [6, 6.07) is 21.9. The monoisotopic (exact) mass is 357 g/mol. The molecular weight excluding hydrogens is 342 g/mol. The number of hydrogen-bond donors (Lipinski definition) is 0. The Hall–Kier alpha value is -2.98.